The van der Waals surface area contributed by atoms with E-state index in [2.05, 4.69) is 25.0 Å². The van der Waals surface area contributed by atoms with Crippen molar-refractivity contribution in [1.82, 2.24) is 14.7 Å². The van der Waals surface area contributed by atoms with Gasteiger partial charge in [-0.3, -0.25) is 14.9 Å². The summed E-state index contributed by atoms with van der Waals surface area (Å²) < 4.78 is 37.3. The Bertz CT molecular complexity index is 907. The molecule has 2 aromatic rings. The highest BCUT2D eigenvalue weighted by Crippen LogP contribution is 2.41. The maximum Gasteiger partial charge on any atom is 0.387 e. The number of fused-ring (bicyclic) bond motifs is 3. The number of aryl methyl sites for hydroxylation is 1. The Balaban J connectivity index is 1.36. The molecule has 1 N–H and O–H groups in total. The SMILES string of the molecule is Cn1nc(NC2=NCC3(CN4CCC3CC4)O2)c2ccc(OC(F)F)cc21. The Morgan fingerprint density at radius 3 is 2.85 bits per heavy atom. The Kier molecular flexibility index (Phi) is 3.75. The third-order valence-electron chi connectivity index (χ3n) is 5.89. The number of nitrogens with zero attached hydrogens (tertiary/aromatic N) is 4. The minimum Gasteiger partial charge on any atom is -0.455 e. The first-order valence-electron chi connectivity index (χ1n) is 9.17. The van der Waals surface area contributed by atoms with Crippen LogP contribution in [0.4, 0.5) is 14.6 Å². The molecule has 27 heavy (non-hydrogen) atoms. The van der Waals surface area contributed by atoms with Crippen molar-refractivity contribution in [3.8, 4) is 5.75 Å². The zero-order valence-corrected chi connectivity index (χ0v) is 15.0. The summed E-state index contributed by atoms with van der Waals surface area (Å²) in [5, 5.41) is 8.42. The summed E-state index contributed by atoms with van der Waals surface area (Å²) in [5.41, 5.74) is 0.466. The number of hydrogen-bond donors (Lipinski definition) is 1. The van der Waals surface area contributed by atoms with Crippen molar-refractivity contribution in [1.29, 1.82) is 0 Å². The number of anilines is 1. The molecule has 144 valence electrons. The summed E-state index contributed by atoms with van der Waals surface area (Å²) >= 11 is 0. The second-order valence-corrected chi connectivity index (χ2v) is 7.49. The summed E-state index contributed by atoms with van der Waals surface area (Å²) in [6.07, 6.45) is 2.31. The van der Waals surface area contributed by atoms with Crippen LogP contribution in [0.25, 0.3) is 10.9 Å². The van der Waals surface area contributed by atoms with E-state index in [0.717, 1.165) is 37.9 Å². The second-order valence-electron chi connectivity index (χ2n) is 7.49. The van der Waals surface area contributed by atoms with E-state index >= 15 is 0 Å². The highest BCUT2D eigenvalue weighted by molar-refractivity contribution is 6.00. The summed E-state index contributed by atoms with van der Waals surface area (Å²) in [4.78, 5) is 7.03. The maximum atomic E-state index is 12.4. The van der Waals surface area contributed by atoms with E-state index in [0.29, 0.717) is 29.8 Å². The Hall–Kier alpha value is -2.42. The van der Waals surface area contributed by atoms with Crippen LogP contribution in [0.5, 0.6) is 5.75 Å². The van der Waals surface area contributed by atoms with Crippen LogP contribution in [0.3, 0.4) is 0 Å². The van der Waals surface area contributed by atoms with Crippen LogP contribution in [0, 0.1) is 5.92 Å². The monoisotopic (exact) mass is 377 g/mol. The van der Waals surface area contributed by atoms with E-state index in [1.807, 2.05) is 0 Å². The van der Waals surface area contributed by atoms with Gasteiger partial charge < -0.3 is 9.47 Å². The van der Waals surface area contributed by atoms with Gasteiger partial charge in [-0.1, -0.05) is 0 Å². The average molecular weight is 377 g/mol. The fourth-order valence-corrected chi connectivity index (χ4v) is 4.55. The molecule has 1 aromatic heterocycles. The number of aromatic nitrogens is 2. The molecule has 1 spiro atoms. The molecule has 4 aliphatic heterocycles. The van der Waals surface area contributed by atoms with E-state index in [9.17, 15) is 8.78 Å². The molecule has 1 atom stereocenters. The van der Waals surface area contributed by atoms with Gasteiger partial charge >= 0.3 is 6.61 Å². The highest BCUT2D eigenvalue weighted by atomic mass is 19.3. The first kappa shape index (κ1) is 16.7. The summed E-state index contributed by atoms with van der Waals surface area (Å²) in [6.45, 7) is 1.02. The molecular weight excluding hydrogens is 356 g/mol. The molecule has 0 saturated carbocycles. The average Bonchev–Trinajstić information content (AvgIpc) is 3.17. The minimum absolute atomic E-state index is 0.104. The first-order chi connectivity index (χ1) is 13.0. The van der Waals surface area contributed by atoms with E-state index in [1.54, 1.807) is 23.9 Å². The Morgan fingerprint density at radius 2 is 2.15 bits per heavy atom. The Morgan fingerprint density at radius 1 is 1.33 bits per heavy atom. The molecule has 0 radical (unpaired) electrons. The lowest BCUT2D eigenvalue weighted by atomic mass is 9.75. The maximum absolute atomic E-state index is 12.4. The molecule has 3 saturated heterocycles. The van der Waals surface area contributed by atoms with Gasteiger partial charge in [0.05, 0.1) is 12.1 Å². The van der Waals surface area contributed by atoms with Gasteiger partial charge in [0.2, 0.25) is 0 Å². The number of halogens is 2. The molecule has 9 heteroatoms. The molecular formula is C18H21F2N5O2. The fraction of sp³-hybridized carbons (Fsp3) is 0.556. The molecule has 4 aliphatic rings. The van der Waals surface area contributed by atoms with Crippen molar-refractivity contribution in [2.24, 2.45) is 18.0 Å². The van der Waals surface area contributed by atoms with Crippen molar-refractivity contribution in [3.63, 3.8) is 0 Å². The predicted octanol–water partition coefficient (Wildman–Crippen LogP) is 2.44. The van der Waals surface area contributed by atoms with Crippen molar-refractivity contribution in [2.45, 2.75) is 25.1 Å². The van der Waals surface area contributed by atoms with Gasteiger partial charge in [-0.2, -0.15) is 13.9 Å². The third kappa shape index (κ3) is 2.80. The van der Waals surface area contributed by atoms with Crippen LogP contribution in [0.1, 0.15) is 12.8 Å². The predicted molar refractivity (Wildman–Crippen MR) is 96.3 cm³/mol. The Labute approximate surface area is 154 Å². The van der Waals surface area contributed by atoms with Crippen LogP contribution in [-0.4, -0.2) is 59.1 Å². The van der Waals surface area contributed by atoms with Crippen molar-refractivity contribution in [2.75, 3.05) is 31.5 Å². The fourth-order valence-electron chi connectivity index (χ4n) is 4.55. The van der Waals surface area contributed by atoms with E-state index in [4.69, 9.17) is 4.74 Å². The smallest absolute Gasteiger partial charge is 0.387 e. The number of aliphatic imine (C=N–C) groups is 1. The molecule has 0 amide bonds. The van der Waals surface area contributed by atoms with Crippen molar-refractivity contribution >= 4 is 22.7 Å². The van der Waals surface area contributed by atoms with Gasteiger partial charge in [-0.05, 0) is 38.1 Å². The third-order valence-corrected chi connectivity index (χ3v) is 5.89. The van der Waals surface area contributed by atoms with Gasteiger partial charge in [0.1, 0.15) is 11.4 Å². The molecule has 5 heterocycles. The van der Waals surface area contributed by atoms with Crippen molar-refractivity contribution in [3.05, 3.63) is 18.2 Å². The lowest BCUT2D eigenvalue weighted by Crippen LogP contribution is -2.61. The number of nitrogens with one attached hydrogen (secondary N) is 1. The molecule has 0 aliphatic carbocycles. The molecule has 3 fully saturated rings. The van der Waals surface area contributed by atoms with E-state index in [1.165, 1.54) is 6.07 Å². The standard InChI is InChI=1S/C18H21F2N5O2/c1-24-14-8-12(26-16(19)20)2-3-13(14)15(23-24)22-17-21-9-18(27-17)10-25-6-4-11(18)5-7-25/h2-3,8,11,16H,4-7,9-10H2,1H3,(H,21,22,23). The molecule has 7 nitrogen and oxygen atoms in total. The molecule has 6 rings (SSSR count). The lowest BCUT2D eigenvalue weighted by molar-refractivity contribution is -0.0829. The quantitative estimate of drug-likeness (QED) is 0.890. The van der Waals surface area contributed by atoms with Gasteiger partial charge in [0.15, 0.2) is 5.82 Å². The van der Waals surface area contributed by atoms with Gasteiger partial charge in [0.25, 0.3) is 6.02 Å². The number of hydrogen-bond acceptors (Lipinski definition) is 6. The molecule has 2 bridgehead atoms. The minimum atomic E-state index is -2.85. The number of piperidine rings is 3. The molecule has 1 aromatic carbocycles. The summed E-state index contributed by atoms with van der Waals surface area (Å²) in [6, 6.07) is 5.25. The van der Waals surface area contributed by atoms with Crippen molar-refractivity contribution < 1.29 is 18.3 Å². The first-order valence-corrected chi connectivity index (χ1v) is 9.17. The highest BCUT2D eigenvalue weighted by Gasteiger charge is 2.51. The normalized spacial score (nSPS) is 29.4. The van der Waals surface area contributed by atoms with E-state index in [-0.39, 0.29) is 11.4 Å². The van der Waals surface area contributed by atoms with Crippen LogP contribution < -0.4 is 10.1 Å². The lowest BCUT2D eigenvalue weighted by Gasteiger charge is -2.50. The number of benzene rings is 1. The van der Waals surface area contributed by atoms with Crippen LogP contribution >= 0.6 is 0 Å². The van der Waals surface area contributed by atoms with Crippen LogP contribution in [0.2, 0.25) is 0 Å². The van der Waals surface area contributed by atoms with Crippen LogP contribution in [-0.2, 0) is 11.8 Å². The zero-order valence-electron chi connectivity index (χ0n) is 15.0. The number of ether oxygens (including phenoxy) is 2. The zero-order chi connectivity index (χ0) is 18.6. The summed E-state index contributed by atoms with van der Waals surface area (Å²) in [7, 11) is 1.76. The van der Waals surface area contributed by atoms with E-state index < -0.39 is 6.61 Å². The number of rotatable bonds is 3. The largest absolute Gasteiger partial charge is 0.455 e. The van der Waals surface area contributed by atoms with Gasteiger partial charge in [-0.15, -0.1) is 0 Å². The summed E-state index contributed by atoms with van der Waals surface area (Å²) in [5.74, 6) is 1.24. The van der Waals surface area contributed by atoms with Crippen LogP contribution in [0.15, 0.2) is 23.2 Å². The van der Waals surface area contributed by atoms with Gasteiger partial charge in [0, 0.05) is 31.0 Å². The van der Waals surface area contributed by atoms with Gasteiger partial charge in [-0.25, -0.2) is 4.99 Å². The number of alkyl halides is 2. The topological polar surface area (TPSA) is 63.9 Å². The molecule has 1 unspecified atom stereocenters. The number of amidine groups is 1. The second kappa shape index (κ2) is 6.05.